The molecule has 1 aliphatic heterocycles. The van der Waals surface area contributed by atoms with E-state index in [0.717, 1.165) is 0 Å². The number of hydrogen-bond donors (Lipinski definition) is 0. The van der Waals surface area contributed by atoms with Crippen LogP contribution in [0.15, 0.2) is 85.3 Å². The molecule has 3 heterocycles. The highest BCUT2D eigenvalue weighted by atomic mass is 35.5. The van der Waals surface area contributed by atoms with Crippen molar-refractivity contribution in [3.05, 3.63) is 107 Å². The lowest BCUT2D eigenvalue weighted by atomic mass is 9.97. The zero-order chi connectivity index (χ0) is 31.7. The van der Waals surface area contributed by atoms with Crippen molar-refractivity contribution in [1.29, 1.82) is 0 Å². The zero-order valence-corrected chi connectivity index (χ0v) is 24.9. The number of likely N-dealkylation sites (tertiary alicyclic amines) is 1. The van der Waals surface area contributed by atoms with Crippen molar-refractivity contribution in [3.63, 3.8) is 0 Å². The van der Waals surface area contributed by atoms with E-state index >= 15 is 4.39 Å². The van der Waals surface area contributed by atoms with Crippen LogP contribution in [0.5, 0.6) is 11.8 Å². The maximum absolute atomic E-state index is 15.6. The molecule has 6 rings (SSSR count). The summed E-state index contributed by atoms with van der Waals surface area (Å²) in [6, 6.07) is 17.2. The molecule has 0 radical (unpaired) electrons. The van der Waals surface area contributed by atoms with E-state index < -0.39 is 29.7 Å². The smallest absolute Gasteiger partial charge is 0.321 e. The molecule has 45 heavy (non-hydrogen) atoms. The molecule has 1 fully saturated rings. The van der Waals surface area contributed by atoms with E-state index in [1.165, 1.54) is 30.3 Å². The second-order valence-corrected chi connectivity index (χ2v) is 11.2. The van der Waals surface area contributed by atoms with Crippen LogP contribution in [0, 0.1) is 5.82 Å². The normalized spacial score (nSPS) is 16.2. The minimum absolute atomic E-state index is 0.124. The van der Waals surface area contributed by atoms with Gasteiger partial charge in [-0.3, -0.25) is 14.4 Å². The Labute approximate surface area is 262 Å². The summed E-state index contributed by atoms with van der Waals surface area (Å²) in [5.74, 6) is -1.40. The van der Waals surface area contributed by atoms with E-state index in [9.17, 15) is 18.8 Å². The summed E-state index contributed by atoms with van der Waals surface area (Å²) in [4.78, 5) is 48.8. The topological polar surface area (TPSA) is 94.4 Å². The van der Waals surface area contributed by atoms with Gasteiger partial charge in [0.15, 0.2) is 11.6 Å². The van der Waals surface area contributed by atoms with E-state index in [4.69, 9.17) is 16.3 Å². The second kappa shape index (κ2) is 12.6. The summed E-state index contributed by atoms with van der Waals surface area (Å²) < 4.78 is 37.6. The molecule has 1 saturated heterocycles. The van der Waals surface area contributed by atoms with Gasteiger partial charge in [-0.05, 0) is 36.8 Å². The Kier molecular flexibility index (Phi) is 8.40. The molecule has 1 aliphatic rings. The fraction of sp³-hybridized carbons (Fsp3) is 0.206. The van der Waals surface area contributed by atoms with Gasteiger partial charge in [0, 0.05) is 64.6 Å². The number of hydrogen-bond acceptors (Lipinski definition) is 6. The first-order chi connectivity index (χ1) is 21.7. The molecule has 0 spiro atoms. The predicted molar refractivity (Wildman–Crippen MR) is 165 cm³/mol. The van der Waals surface area contributed by atoms with Crippen LogP contribution < -0.4 is 4.74 Å². The van der Waals surface area contributed by atoms with Crippen LogP contribution in [0.3, 0.4) is 0 Å². The third-order valence-electron chi connectivity index (χ3n) is 7.84. The maximum atomic E-state index is 15.6. The largest absolute Gasteiger partial charge is 0.424 e. The number of ether oxygens (including phenoxy) is 1. The second-order valence-electron chi connectivity index (χ2n) is 10.8. The van der Waals surface area contributed by atoms with E-state index in [1.54, 1.807) is 71.4 Å². The van der Waals surface area contributed by atoms with Gasteiger partial charge in [0.1, 0.15) is 24.3 Å². The number of carbonyl (C=O) groups is 3. The molecule has 228 valence electrons. The number of aromatic nitrogens is 3. The molecule has 0 N–H and O–H groups in total. The summed E-state index contributed by atoms with van der Waals surface area (Å²) >= 11 is 6.28. The molecular formula is C34H27ClF2N4O4. The quantitative estimate of drug-likeness (QED) is 0.170. The summed E-state index contributed by atoms with van der Waals surface area (Å²) in [6.07, 6.45) is 2.70. The molecule has 8 nitrogen and oxygen atoms in total. The lowest BCUT2D eigenvalue weighted by Gasteiger charge is -2.24. The van der Waals surface area contributed by atoms with Gasteiger partial charge in [-0.2, -0.15) is 0 Å². The van der Waals surface area contributed by atoms with E-state index in [0.29, 0.717) is 32.8 Å². The Morgan fingerprint density at radius 2 is 1.76 bits per heavy atom. The van der Waals surface area contributed by atoms with Gasteiger partial charge in [0.25, 0.3) is 0 Å². The fourth-order valence-electron chi connectivity index (χ4n) is 5.70. The number of fused-ring (bicyclic) bond motifs is 1. The molecule has 0 bridgehead atoms. The summed E-state index contributed by atoms with van der Waals surface area (Å²) in [5, 5.41) is 0.966. The fourth-order valence-corrected chi connectivity index (χ4v) is 5.94. The minimum Gasteiger partial charge on any atom is -0.424 e. The number of nitrogens with zero attached hydrogens (tertiary/aromatic N) is 4. The number of amides is 1. The van der Waals surface area contributed by atoms with E-state index in [-0.39, 0.29) is 48.9 Å². The number of carbonyl (C=O) groups excluding carboxylic acids is 3. The van der Waals surface area contributed by atoms with Crippen molar-refractivity contribution in [2.45, 2.75) is 38.5 Å². The van der Waals surface area contributed by atoms with Crippen molar-refractivity contribution in [1.82, 2.24) is 19.4 Å². The van der Waals surface area contributed by atoms with Gasteiger partial charge in [-0.15, -0.1) is 0 Å². The molecular weight excluding hydrogens is 602 g/mol. The predicted octanol–water partition coefficient (Wildman–Crippen LogP) is 6.64. The Hall–Kier alpha value is -4.96. The molecule has 5 aromatic rings. The number of benzene rings is 3. The molecule has 0 unspecified atom stereocenters. The number of rotatable bonds is 9. The van der Waals surface area contributed by atoms with Gasteiger partial charge in [-0.25, -0.2) is 18.7 Å². The van der Waals surface area contributed by atoms with Crippen LogP contribution in [-0.2, 0) is 22.6 Å². The highest BCUT2D eigenvalue weighted by molar-refractivity contribution is 6.33. The average molecular weight is 629 g/mol. The van der Waals surface area contributed by atoms with E-state index in [1.807, 2.05) is 0 Å². The minimum atomic E-state index is -1.41. The molecule has 1 amide bonds. The monoisotopic (exact) mass is 628 g/mol. The Morgan fingerprint density at radius 1 is 1.00 bits per heavy atom. The first-order valence-electron chi connectivity index (χ1n) is 14.3. The number of alkyl halides is 1. The Morgan fingerprint density at radius 3 is 2.51 bits per heavy atom. The van der Waals surface area contributed by atoms with Crippen molar-refractivity contribution in [2.24, 2.45) is 0 Å². The third kappa shape index (κ3) is 6.19. The first-order valence-corrected chi connectivity index (χ1v) is 14.6. The van der Waals surface area contributed by atoms with Crippen molar-refractivity contribution in [2.75, 3.05) is 6.54 Å². The molecule has 2 aromatic heterocycles. The summed E-state index contributed by atoms with van der Waals surface area (Å²) in [5.41, 5.74) is 1.79. The van der Waals surface area contributed by atoms with E-state index in [2.05, 4.69) is 9.97 Å². The van der Waals surface area contributed by atoms with Crippen molar-refractivity contribution in [3.8, 4) is 22.9 Å². The molecule has 0 aliphatic carbocycles. The lowest BCUT2D eigenvalue weighted by molar-refractivity contribution is -0.137. The lowest BCUT2D eigenvalue weighted by Crippen LogP contribution is -2.42. The standard InChI is InChI=1S/C34H27ClF2N4O4/c1-20(42)27-18-40(29-16-23(10-11-25(27)29)45-34-38-12-5-13-39-34)19-32(44)41-17-22(36)15-30(41)31(43)14-21-6-4-8-26(33(21)37)24-7-2-3-9-28(24)35/h2-13,16,18,22,30H,14-15,17,19H2,1H3/t22-,30+/m1/s1. The van der Waals surface area contributed by atoms with Crippen molar-refractivity contribution >= 4 is 40.0 Å². The Bertz CT molecular complexity index is 1930. The van der Waals surface area contributed by atoms with Crippen LogP contribution in [0.2, 0.25) is 5.02 Å². The highest BCUT2D eigenvalue weighted by Crippen LogP contribution is 2.33. The van der Waals surface area contributed by atoms with Gasteiger partial charge >= 0.3 is 6.01 Å². The summed E-state index contributed by atoms with van der Waals surface area (Å²) in [7, 11) is 0. The van der Waals surface area contributed by atoms with Crippen molar-refractivity contribution < 1.29 is 27.9 Å². The van der Waals surface area contributed by atoms with Crippen LogP contribution in [0.1, 0.15) is 29.3 Å². The molecule has 2 atom stereocenters. The number of ketones is 2. The third-order valence-corrected chi connectivity index (χ3v) is 8.17. The van der Waals surface area contributed by atoms with Gasteiger partial charge < -0.3 is 14.2 Å². The first kappa shape index (κ1) is 30.1. The van der Waals surface area contributed by atoms with Crippen LogP contribution in [-0.4, -0.2) is 55.7 Å². The maximum Gasteiger partial charge on any atom is 0.321 e. The van der Waals surface area contributed by atoms with Crippen LogP contribution >= 0.6 is 11.6 Å². The number of Topliss-reactive ketones (excluding diaryl/α,β-unsaturated/α-hetero) is 2. The molecule has 0 saturated carbocycles. The van der Waals surface area contributed by atoms with Crippen LogP contribution in [0.25, 0.3) is 22.0 Å². The number of halogens is 3. The van der Waals surface area contributed by atoms with Gasteiger partial charge in [0.2, 0.25) is 5.91 Å². The Balaban J connectivity index is 1.24. The van der Waals surface area contributed by atoms with Gasteiger partial charge in [0.05, 0.1) is 18.1 Å². The highest BCUT2D eigenvalue weighted by Gasteiger charge is 2.39. The zero-order valence-electron chi connectivity index (χ0n) is 24.1. The average Bonchev–Trinajstić information content (AvgIpc) is 3.60. The van der Waals surface area contributed by atoms with Gasteiger partial charge in [-0.1, -0.05) is 48.0 Å². The van der Waals surface area contributed by atoms with Crippen LogP contribution in [0.4, 0.5) is 8.78 Å². The SMILES string of the molecule is CC(=O)c1cn(CC(=O)N2C[C@H](F)C[C@H]2C(=O)Cc2cccc(-c3ccccc3Cl)c2F)c2cc(Oc3ncccn3)ccc12. The summed E-state index contributed by atoms with van der Waals surface area (Å²) in [6.45, 7) is 0.893. The molecule has 11 heteroatoms. The molecule has 3 aromatic carbocycles.